The minimum Gasteiger partial charge on any atom is -0.516 e. The van der Waals surface area contributed by atoms with E-state index in [1.165, 1.54) is 55.1 Å². The van der Waals surface area contributed by atoms with Crippen LogP contribution in [0.1, 0.15) is 156 Å². The molecule has 2 N–H and O–H groups in total. The van der Waals surface area contributed by atoms with Crippen molar-refractivity contribution in [1.29, 1.82) is 4.78 Å². The molecule has 1 rings (SSSR count). The van der Waals surface area contributed by atoms with Crippen molar-refractivity contribution in [2.24, 2.45) is 0 Å². The van der Waals surface area contributed by atoms with Gasteiger partial charge in [-0.2, -0.15) is 9.90 Å². The van der Waals surface area contributed by atoms with Crippen LogP contribution < -0.4 is 0 Å². The molecule has 0 radical (unpaired) electrons. The average Bonchev–Trinajstić information content (AvgIpc) is 3.79. The second-order valence-corrected chi connectivity index (χ2v) is 17.0. The number of ether oxygens (including phenoxy) is 5. The normalized spacial score (nSPS) is 12.3. The van der Waals surface area contributed by atoms with E-state index < -0.39 is 36.0 Å². The Morgan fingerprint density at radius 2 is 0.886 bits per heavy atom. The first-order valence-electron chi connectivity index (χ1n) is 26.1. The summed E-state index contributed by atoms with van der Waals surface area (Å²) in [5, 5.41) is 9.22. The van der Waals surface area contributed by atoms with Crippen LogP contribution in [0.3, 0.4) is 0 Å². The van der Waals surface area contributed by atoms with Crippen molar-refractivity contribution in [3.05, 3.63) is 74.7 Å². The Morgan fingerprint density at radius 3 is 1.18 bits per heavy atom. The van der Waals surface area contributed by atoms with Crippen molar-refractivity contribution < 1.29 is 72.0 Å². The van der Waals surface area contributed by atoms with E-state index >= 15 is 0 Å². The van der Waals surface area contributed by atoms with E-state index in [1.54, 1.807) is 78.7 Å². The highest BCUT2D eigenvalue weighted by atomic mass is 32.1. The summed E-state index contributed by atoms with van der Waals surface area (Å²) < 4.78 is 29.3. The zero-order chi connectivity index (χ0) is 60.5. The Morgan fingerprint density at radius 1 is 0.582 bits per heavy atom. The number of nitrogens with one attached hydrogen (secondary N) is 1. The number of aliphatic hydroxyl groups excluding tert-OH is 1. The number of nitrogens with zero attached hydrogens (tertiary/aromatic N) is 4. The van der Waals surface area contributed by atoms with Crippen molar-refractivity contribution in [3.63, 3.8) is 0 Å². The Balaban J connectivity index is -0.000000227. The monoisotopic (exact) mass is 1200 g/mol. The molecule has 24 heteroatoms. The van der Waals surface area contributed by atoms with Crippen LogP contribution in [0.2, 0.25) is 0 Å². The maximum atomic E-state index is 12.0. The van der Waals surface area contributed by atoms with Crippen LogP contribution in [0.5, 0.6) is 0 Å². The molecule has 1 aliphatic rings. The first kappa shape index (κ1) is 85.2. The second kappa shape index (κ2) is 62.1. The Labute approximate surface area is 486 Å². The lowest BCUT2D eigenvalue weighted by atomic mass is 10.1. The molecule has 3 unspecified atom stereocenters. The minimum atomic E-state index is -0.589. The zero-order valence-corrected chi connectivity index (χ0v) is 53.7. The Bertz CT molecular complexity index is 1760. The summed E-state index contributed by atoms with van der Waals surface area (Å²) >= 11 is 3.33. The van der Waals surface area contributed by atoms with Crippen LogP contribution in [0.15, 0.2) is 74.7 Å². The van der Waals surface area contributed by atoms with E-state index in [-0.39, 0.29) is 52.3 Å². The average molecular weight is 1200 g/mol. The molecule has 0 aliphatic carbocycles. The fourth-order valence-electron chi connectivity index (χ4n) is 6.07. The van der Waals surface area contributed by atoms with Gasteiger partial charge in [0.05, 0.1) is 40.1 Å². The smallest absolute Gasteiger partial charge is 0.328 e. The number of hydroxylamine groups is 2. The molecule has 5 amide bonds. The highest BCUT2D eigenvalue weighted by molar-refractivity contribution is 7.92. The number of hydrogen-bond acceptors (Lipinski definition) is 17. The lowest BCUT2D eigenvalue weighted by Gasteiger charge is -2.22. The highest BCUT2D eigenvalue weighted by Gasteiger charge is 2.30. The van der Waals surface area contributed by atoms with Crippen LogP contribution in [0.25, 0.3) is 0 Å². The molecule has 0 bridgehead atoms. The summed E-state index contributed by atoms with van der Waals surface area (Å²) in [7, 11) is 13.4. The molecule has 1 saturated heterocycles. The summed E-state index contributed by atoms with van der Waals surface area (Å²) in [5.41, 5.74) is 0. The van der Waals surface area contributed by atoms with Gasteiger partial charge in [-0.25, -0.2) is 19.2 Å². The maximum Gasteiger partial charge on any atom is 0.328 e. The van der Waals surface area contributed by atoms with Crippen LogP contribution in [0.4, 0.5) is 0 Å². The third-order valence-electron chi connectivity index (χ3n) is 11.2. The summed E-state index contributed by atoms with van der Waals surface area (Å²) in [4.78, 5) is 101. The van der Waals surface area contributed by atoms with Gasteiger partial charge in [0.1, 0.15) is 37.6 Å². The number of aliphatic hydroxyl groups is 1. The number of unbranched alkanes of at least 4 members (excludes halogenated alkanes) is 11. The van der Waals surface area contributed by atoms with Crippen LogP contribution >= 0.6 is 27.8 Å². The maximum absolute atomic E-state index is 12.0. The third kappa shape index (κ3) is 48.5. The molecule has 79 heavy (non-hydrogen) atoms. The van der Waals surface area contributed by atoms with Gasteiger partial charge < -0.3 is 48.3 Å². The molecule has 1 heterocycles. The fourth-order valence-corrected chi connectivity index (χ4v) is 6.07. The number of esters is 3. The minimum absolute atomic E-state index is 0. The van der Waals surface area contributed by atoms with Crippen molar-refractivity contribution in [2.75, 3.05) is 55.7 Å². The third-order valence-corrected chi connectivity index (χ3v) is 11.2. The standard InChI is InChI=1S/C17H26N2O6.C16H27NO4.C13H23NO4.C9H16O.HNS.H4P2.H3P/c1-13(17(23)24-3)18(2)14(20)9-7-5-4-6-8-12-25-19-15(21)10-11-16(19)22;1-5-12-21-13-10-8-6-7-9-11-15(18)17(3)14(2)16(19)20-4;1-11(13(17)18-3)14(2)12(16)9-7-5-4-6-8-10-15;1-3-5-6-7-9-10-8-4-2;2*1-2;/h8,12-13H,4-7,9-11H2,1-3H3;5,10,13-14H,1,6-9,11-12H2,2-4H3;8,10-11,15H,4-7,9H2,1-3H3;4,7,9H,2-3,5-6,8H2,1H3;1H;1-2H2;1H3/t13-;14-;11-;;;;/m000..../s1. The van der Waals surface area contributed by atoms with Gasteiger partial charge in [-0.15, -0.1) is 22.9 Å². The molecule has 0 spiro atoms. The number of rotatable bonds is 35. The van der Waals surface area contributed by atoms with Gasteiger partial charge in [-0.05, 0) is 110 Å². The van der Waals surface area contributed by atoms with Gasteiger partial charge in [0.2, 0.25) is 17.7 Å². The lowest BCUT2D eigenvalue weighted by molar-refractivity contribution is -0.173. The first-order chi connectivity index (χ1) is 37.4. The van der Waals surface area contributed by atoms with E-state index in [2.05, 4.69) is 64.6 Å². The quantitative estimate of drug-likeness (QED) is 0.0114. The van der Waals surface area contributed by atoms with Gasteiger partial charge in [-0.3, -0.25) is 24.0 Å². The summed E-state index contributed by atoms with van der Waals surface area (Å²) in [6, 6.07) is -1.67. The number of likely N-dealkylation sites (N-methyl/N-ethyl adjacent to an activating group) is 3. The molecule has 0 aromatic heterocycles. The van der Waals surface area contributed by atoms with E-state index in [1.807, 2.05) is 12.2 Å². The molecule has 0 aromatic rings. The summed E-state index contributed by atoms with van der Waals surface area (Å²) in [5.74, 6) is -2.05. The van der Waals surface area contributed by atoms with Gasteiger partial charge in [0.25, 0.3) is 11.8 Å². The number of hydrogen-bond donors (Lipinski definition) is 2. The highest BCUT2D eigenvalue weighted by Crippen LogP contribution is 2.14. The van der Waals surface area contributed by atoms with Gasteiger partial charge >= 0.3 is 17.9 Å². The SMILES string of the molecule is C=CCOC=CCCCC.C=CCOC=CCCCCCC(=O)N(C)[C@@H](C)C(=O)OC.COC(=O)[C@H](C)N(C)C(=O)CCCCCC=CO.COC(=O)[C@H](C)N(C)C(=O)CCCCCC=CON1C(=O)CCC1=O.N=S.P.PP. The number of imide groups is 1. The molecule has 0 saturated carbocycles. The van der Waals surface area contributed by atoms with Crippen molar-refractivity contribution >= 4 is 87.6 Å². The molecule has 0 aromatic carbocycles. The van der Waals surface area contributed by atoms with E-state index in [4.69, 9.17) is 24.2 Å². The largest absolute Gasteiger partial charge is 0.516 e. The second-order valence-electron chi connectivity index (χ2n) is 17.0. The fraction of sp³-hybridized carbons (Fsp3) is 0.636. The molecule has 20 nitrogen and oxygen atoms in total. The van der Waals surface area contributed by atoms with Crippen molar-refractivity contribution in [3.8, 4) is 0 Å². The number of carbonyl (C=O) groups excluding carboxylic acids is 8. The Hall–Kier alpha value is -5.09. The number of amides is 5. The lowest BCUT2D eigenvalue weighted by Crippen LogP contribution is -2.40. The number of carbonyl (C=O) groups is 8. The first-order valence-corrected chi connectivity index (χ1v) is 29.2. The topological polar surface area (TPSA) is 249 Å². The van der Waals surface area contributed by atoms with E-state index in [9.17, 15) is 38.4 Å². The van der Waals surface area contributed by atoms with Crippen LogP contribution in [0, 0.1) is 4.78 Å². The van der Waals surface area contributed by atoms with E-state index in [0.29, 0.717) is 32.5 Å². The zero-order valence-electron chi connectivity index (χ0n) is 49.2. The molecular formula is C55H100N5O15P3S. The van der Waals surface area contributed by atoms with Gasteiger partial charge in [0, 0.05) is 65.7 Å². The predicted molar refractivity (Wildman–Crippen MR) is 326 cm³/mol. The van der Waals surface area contributed by atoms with E-state index in [0.717, 1.165) is 94.8 Å². The number of allylic oxidation sites excluding steroid dienone is 4. The van der Waals surface area contributed by atoms with Crippen molar-refractivity contribution in [1.82, 2.24) is 19.8 Å². The molecular weight excluding hydrogens is 1100 g/mol. The van der Waals surface area contributed by atoms with Gasteiger partial charge in [-0.1, -0.05) is 64.0 Å². The Kier molecular flexibility index (Phi) is 67.0. The van der Waals surface area contributed by atoms with Crippen LogP contribution in [-0.2, 0) is 79.3 Å². The van der Waals surface area contributed by atoms with Crippen LogP contribution in [-0.4, -0.2) is 146 Å². The molecule has 1 aliphatic heterocycles. The summed E-state index contributed by atoms with van der Waals surface area (Å²) in [6.45, 7) is 15.3. The molecule has 1 fully saturated rings. The van der Waals surface area contributed by atoms with Gasteiger partial charge in [0.15, 0.2) is 0 Å². The number of methoxy groups -OCH3 is 3. The van der Waals surface area contributed by atoms with Crippen molar-refractivity contribution in [2.45, 2.75) is 174 Å². The summed E-state index contributed by atoms with van der Waals surface area (Å²) in [6.07, 6.45) is 32.3. The predicted octanol–water partition coefficient (Wildman–Crippen LogP) is 10.2. The molecule has 456 valence electrons. The molecule has 6 atom stereocenters.